The average Bonchev–Trinajstić information content (AvgIpc) is 2.30. The lowest BCUT2D eigenvalue weighted by atomic mass is 10.1. The zero-order valence-electron chi connectivity index (χ0n) is 11.0. The summed E-state index contributed by atoms with van der Waals surface area (Å²) in [6.45, 7) is 3.28. The highest BCUT2D eigenvalue weighted by atomic mass is 32.2. The van der Waals surface area contributed by atoms with Gasteiger partial charge in [0.1, 0.15) is 0 Å². The Morgan fingerprint density at radius 1 is 1.25 bits per heavy atom. The van der Waals surface area contributed by atoms with Gasteiger partial charge < -0.3 is 5.73 Å². The third-order valence-electron chi connectivity index (χ3n) is 2.77. The molecule has 1 heterocycles. The van der Waals surface area contributed by atoms with E-state index in [1.807, 2.05) is 0 Å². The first-order valence-electron chi connectivity index (χ1n) is 5.80. The van der Waals surface area contributed by atoms with Crippen LogP contribution in [0.3, 0.4) is 0 Å². The summed E-state index contributed by atoms with van der Waals surface area (Å²) in [7, 11) is -3.89. The van der Waals surface area contributed by atoms with Crippen molar-refractivity contribution >= 4 is 21.4 Å². The number of anilines is 2. The molecule has 0 aliphatic carbocycles. The highest BCUT2D eigenvalue weighted by Gasteiger charge is 2.21. The molecule has 2 aromatic rings. The van der Waals surface area contributed by atoms with Crippen molar-refractivity contribution < 1.29 is 12.8 Å². The van der Waals surface area contributed by atoms with Crippen molar-refractivity contribution in [1.82, 2.24) is 4.98 Å². The number of hydrogen-bond donors (Lipinski definition) is 2. The number of benzene rings is 1. The number of sulfonamides is 1. The monoisotopic (exact) mass is 295 g/mol. The molecular weight excluding hydrogens is 281 g/mol. The molecule has 1 aromatic heterocycles. The fourth-order valence-electron chi connectivity index (χ4n) is 2.06. The summed E-state index contributed by atoms with van der Waals surface area (Å²) >= 11 is 0. The minimum Gasteiger partial charge on any atom is -0.399 e. The van der Waals surface area contributed by atoms with E-state index in [0.717, 1.165) is 6.20 Å². The molecule has 0 aliphatic rings. The SMILES string of the molecule is Cc1cc(N)cc(C)c1S(=O)(=O)Nc1ccncc1F. The van der Waals surface area contributed by atoms with Crippen LogP contribution in [0.2, 0.25) is 0 Å². The highest BCUT2D eigenvalue weighted by Crippen LogP contribution is 2.25. The van der Waals surface area contributed by atoms with Crippen LogP contribution in [-0.4, -0.2) is 13.4 Å². The lowest BCUT2D eigenvalue weighted by molar-refractivity contribution is 0.597. The standard InChI is InChI=1S/C13H14FN3O2S/c1-8-5-10(15)6-9(2)13(8)20(18,19)17-12-3-4-16-7-11(12)14/h3-7H,15H2,1-2H3,(H,16,17). The van der Waals surface area contributed by atoms with Crippen LogP contribution in [-0.2, 0) is 10.0 Å². The van der Waals surface area contributed by atoms with E-state index in [1.165, 1.54) is 12.3 Å². The smallest absolute Gasteiger partial charge is 0.262 e. The average molecular weight is 295 g/mol. The molecule has 0 aliphatic heterocycles. The minimum atomic E-state index is -3.89. The minimum absolute atomic E-state index is 0.0999. The van der Waals surface area contributed by atoms with E-state index in [0.29, 0.717) is 16.8 Å². The number of pyridine rings is 1. The maximum atomic E-state index is 13.5. The van der Waals surface area contributed by atoms with Crippen LogP contribution >= 0.6 is 0 Å². The Labute approximate surface area is 116 Å². The van der Waals surface area contributed by atoms with Crippen LogP contribution in [0.4, 0.5) is 15.8 Å². The van der Waals surface area contributed by atoms with Gasteiger partial charge in [0, 0.05) is 11.9 Å². The number of nitrogens with one attached hydrogen (secondary N) is 1. The van der Waals surface area contributed by atoms with Gasteiger partial charge in [-0.1, -0.05) is 0 Å². The highest BCUT2D eigenvalue weighted by molar-refractivity contribution is 7.92. The normalized spacial score (nSPS) is 11.3. The van der Waals surface area contributed by atoms with Crippen molar-refractivity contribution in [3.8, 4) is 0 Å². The summed E-state index contributed by atoms with van der Waals surface area (Å²) in [5.74, 6) is -0.734. The second-order valence-electron chi connectivity index (χ2n) is 4.44. The number of rotatable bonds is 3. The number of aromatic nitrogens is 1. The van der Waals surface area contributed by atoms with Gasteiger partial charge in [-0.2, -0.15) is 0 Å². The Kier molecular flexibility index (Phi) is 3.63. The summed E-state index contributed by atoms with van der Waals surface area (Å²) < 4.78 is 40.4. The second kappa shape index (κ2) is 5.09. The van der Waals surface area contributed by atoms with Gasteiger partial charge in [-0.3, -0.25) is 9.71 Å². The molecular formula is C13H14FN3O2S. The molecule has 0 unspecified atom stereocenters. The molecule has 0 saturated heterocycles. The maximum Gasteiger partial charge on any atom is 0.262 e. The van der Waals surface area contributed by atoms with Crippen LogP contribution in [0.15, 0.2) is 35.5 Å². The Balaban J connectivity index is 2.50. The van der Waals surface area contributed by atoms with Gasteiger partial charge in [-0.05, 0) is 43.2 Å². The first kappa shape index (κ1) is 14.3. The van der Waals surface area contributed by atoms with Gasteiger partial charge in [0.2, 0.25) is 0 Å². The number of hydrogen-bond acceptors (Lipinski definition) is 4. The summed E-state index contributed by atoms with van der Waals surface area (Å²) in [5.41, 5.74) is 7.01. The summed E-state index contributed by atoms with van der Waals surface area (Å²) in [5, 5.41) is 0. The van der Waals surface area contributed by atoms with E-state index in [2.05, 4.69) is 9.71 Å². The predicted molar refractivity (Wildman–Crippen MR) is 75.3 cm³/mol. The first-order valence-corrected chi connectivity index (χ1v) is 7.28. The lowest BCUT2D eigenvalue weighted by Crippen LogP contribution is -2.17. The van der Waals surface area contributed by atoms with Crippen LogP contribution < -0.4 is 10.5 Å². The molecule has 0 fully saturated rings. The van der Waals surface area contributed by atoms with Gasteiger partial charge >= 0.3 is 0 Å². The predicted octanol–water partition coefficient (Wildman–Crippen LogP) is 2.22. The molecule has 0 saturated carbocycles. The van der Waals surface area contributed by atoms with E-state index in [4.69, 9.17) is 5.73 Å². The Hall–Kier alpha value is -2.15. The zero-order chi connectivity index (χ0) is 14.9. The van der Waals surface area contributed by atoms with Gasteiger partial charge in [0.25, 0.3) is 10.0 Å². The molecule has 0 atom stereocenters. The molecule has 3 N–H and O–H groups in total. The molecule has 0 bridgehead atoms. The molecule has 106 valence electrons. The molecule has 5 nitrogen and oxygen atoms in total. The van der Waals surface area contributed by atoms with Gasteiger partial charge in [0.15, 0.2) is 5.82 Å². The largest absolute Gasteiger partial charge is 0.399 e. The Bertz CT molecular complexity index is 737. The van der Waals surface area contributed by atoms with Crippen LogP contribution in [0.25, 0.3) is 0 Å². The molecule has 2 rings (SSSR count). The second-order valence-corrected chi connectivity index (χ2v) is 6.06. The number of halogens is 1. The number of nitrogen functional groups attached to an aromatic ring is 1. The zero-order valence-corrected chi connectivity index (χ0v) is 11.8. The summed E-state index contributed by atoms with van der Waals surface area (Å²) in [4.78, 5) is 3.67. The van der Waals surface area contributed by atoms with E-state index < -0.39 is 15.8 Å². The molecule has 20 heavy (non-hydrogen) atoms. The van der Waals surface area contributed by atoms with Gasteiger partial charge in [-0.25, -0.2) is 12.8 Å². The van der Waals surface area contributed by atoms with Crippen LogP contribution in [0.5, 0.6) is 0 Å². The Morgan fingerprint density at radius 3 is 2.40 bits per heavy atom. The van der Waals surface area contributed by atoms with E-state index in [9.17, 15) is 12.8 Å². The van der Waals surface area contributed by atoms with E-state index >= 15 is 0 Å². The molecule has 1 aromatic carbocycles. The molecule has 0 radical (unpaired) electrons. The third kappa shape index (κ3) is 2.72. The molecule has 7 heteroatoms. The van der Waals surface area contributed by atoms with Crippen molar-refractivity contribution in [2.24, 2.45) is 0 Å². The molecule has 0 spiro atoms. The number of aryl methyl sites for hydroxylation is 2. The first-order chi connectivity index (χ1) is 9.31. The number of nitrogens with zero attached hydrogens (tertiary/aromatic N) is 1. The lowest BCUT2D eigenvalue weighted by Gasteiger charge is -2.13. The molecule has 0 amide bonds. The van der Waals surface area contributed by atoms with Crippen molar-refractivity contribution in [2.45, 2.75) is 18.7 Å². The van der Waals surface area contributed by atoms with Crippen molar-refractivity contribution in [3.63, 3.8) is 0 Å². The van der Waals surface area contributed by atoms with Crippen LogP contribution in [0.1, 0.15) is 11.1 Å². The van der Waals surface area contributed by atoms with Crippen molar-refractivity contribution in [2.75, 3.05) is 10.5 Å². The van der Waals surface area contributed by atoms with Crippen molar-refractivity contribution in [1.29, 1.82) is 0 Å². The van der Waals surface area contributed by atoms with E-state index in [1.54, 1.807) is 26.0 Å². The third-order valence-corrected chi connectivity index (χ3v) is 4.44. The topological polar surface area (TPSA) is 85.1 Å². The van der Waals surface area contributed by atoms with Gasteiger partial charge in [0.05, 0.1) is 16.8 Å². The van der Waals surface area contributed by atoms with E-state index in [-0.39, 0.29) is 10.6 Å². The summed E-state index contributed by atoms with van der Waals surface area (Å²) in [6.07, 6.45) is 2.25. The van der Waals surface area contributed by atoms with Crippen molar-refractivity contribution in [3.05, 3.63) is 47.5 Å². The summed E-state index contributed by atoms with van der Waals surface area (Å²) in [6, 6.07) is 4.38. The quantitative estimate of drug-likeness (QED) is 0.850. The Morgan fingerprint density at radius 2 is 1.85 bits per heavy atom. The van der Waals surface area contributed by atoms with Gasteiger partial charge in [-0.15, -0.1) is 0 Å². The fraction of sp³-hybridized carbons (Fsp3) is 0.154. The fourth-order valence-corrected chi connectivity index (χ4v) is 3.58. The number of nitrogens with two attached hydrogens (primary N) is 1. The van der Waals surface area contributed by atoms with Crippen LogP contribution in [0, 0.1) is 19.7 Å². The maximum absolute atomic E-state index is 13.5.